The van der Waals surface area contributed by atoms with Gasteiger partial charge in [-0.2, -0.15) is 5.10 Å². The van der Waals surface area contributed by atoms with E-state index in [0.29, 0.717) is 32.5 Å². The van der Waals surface area contributed by atoms with Crippen LogP contribution in [0.4, 0.5) is 0 Å². The Morgan fingerprint density at radius 1 is 1.17 bits per heavy atom. The molecular weight excluding hydrogens is 378 g/mol. The zero-order valence-corrected chi connectivity index (χ0v) is 17.2. The lowest BCUT2D eigenvalue weighted by atomic mass is 9.95. The zero-order valence-electron chi connectivity index (χ0n) is 17.2. The summed E-state index contributed by atoms with van der Waals surface area (Å²) in [5, 5.41) is 4.06. The normalized spacial score (nSPS) is 14.5. The minimum atomic E-state index is -0.141. The first-order valence-electron chi connectivity index (χ1n) is 10.1. The fourth-order valence-electron chi connectivity index (χ4n) is 3.39. The molecule has 1 aliphatic heterocycles. The van der Waals surface area contributed by atoms with E-state index < -0.39 is 0 Å². The third-order valence-electron chi connectivity index (χ3n) is 5.16. The number of ether oxygens (including phenoxy) is 1. The van der Waals surface area contributed by atoms with Gasteiger partial charge in [0.15, 0.2) is 0 Å². The van der Waals surface area contributed by atoms with Gasteiger partial charge in [-0.15, -0.1) is 0 Å². The fraction of sp³-hybridized carbons (Fsp3) is 0.292. The third kappa shape index (κ3) is 5.56. The molecule has 30 heavy (non-hydrogen) atoms. The highest BCUT2D eigenvalue weighted by Gasteiger charge is 2.28. The number of hydrazone groups is 1. The average Bonchev–Trinajstić information content (AvgIpc) is 2.78. The lowest BCUT2D eigenvalue weighted by Gasteiger charge is -2.31. The highest BCUT2D eigenvalue weighted by Crippen LogP contribution is 2.20. The summed E-state index contributed by atoms with van der Waals surface area (Å²) < 4.78 is 5.43. The number of carbonyl (C=O) groups is 2. The third-order valence-corrected chi connectivity index (χ3v) is 5.16. The molecule has 0 radical (unpaired) electrons. The second-order valence-electron chi connectivity index (χ2n) is 7.28. The van der Waals surface area contributed by atoms with E-state index in [1.807, 2.05) is 60.4 Å². The summed E-state index contributed by atoms with van der Waals surface area (Å²) in [6, 6.07) is 15.0. The van der Waals surface area contributed by atoms with E-state index in [9.17, 15) is 9.59 Å². The van der Waals surface area contributed by atoms with Crippen LogP contribution >= 0.6 is 0 Å². The van der Waals surface area contributed by atoms with Crippen LogP contribution in [0, 0.1) is 12.8 Å². The van der Waals surface area contributed by atoms with Gasteiger partial charge in [0.25, 0.3) is 5.91 Å². The Hall–Kier alpha value is -3.41. The van der Waals surface area contributed by atoms with Crippen molar-refractivity contribution in [2.45, 2.75) is 19.8 Å². The standard InChI is InChI=1S/C24H27N3O3/c1-3-16-30-21-10-8-19(9-11-21)17-25-26-23(28)20-12-14-27(15-13-20)24(29)22-7-5-4-6-18(22)2/h3-11,17,20H,1,12-16H2,2H3,(H,26,28)/b25-17-. The Kier molecular flexibility index (Phi) is 7.38. The predicted molar refractivity (Wildman–Crippen MR) is 118 cm³/mol. The zero-order chi connectivity index (χ0) is 21.3. The smallest absolute Gasteiger partial charge is 0.254 e. The number of hydrogen-bond acceptors (Lipinski definition) is 4. The average molecular weight is 405 g/mol. The summed E-state index contributed by atoms with van der Waals surface area (Å²) in [5.74, 6) is 0.534. The highest BCUT2D eigenvalue weighted by molar-refractivity contribution is 5.95. The van der Waals surface area contributed by atoms with Gasteiger partial charge in [0, 0.05) is 24.6 Å². The minimum absolute atomic E-state index is 0.0329. The molecule has 0 spiro atoms. The molecular formula is C24H27N3O3. The maximum Gasteiger partial charge on any atom is 0.254 e. The maximum atomic E-state index is 12.7. The van der Waals surface area contributed by atoms with Crippen LogP contribution in [0.1, 0.15) is 34.3 Å². The molecule has 156 valence electrons. The van der Waals surface area contributed by atoms with Crippen LogP contribution in [-0.4, -0.2) is 42.6 Å². The van der Waals surface area contributed by atoms with E-state index in [0.717, 1.165) is 22.4 Å². The van der Waals surface area contributed by atoms with Gasteiger partial charge in [-0.3, -0.25) is 9.59 Å². The van der Waals surface area contributed by atoms with Crippen molar-refractivity contribution in [2.24, 2.45) is 11.0 Å². The summed E-state index contributed by atoms with van der Waals surface area (Å²) in [5.41, 5.74) is 5.18. The number of amides is 2. The topological polar surface area (TPSA) is 71.0 Å². The van der Waals surface area contributed by atoms with Crippen LogP contribution < -0.4 is 10.2 Å². The number of hydrogen-bond donors (Lipinski definition) is 1. The Morgan fingerprint density at radius 2 is 1.87 bits per heavy atom. The first-order valence-corrected chi connectivity index (χ1v) is 10.1. The number of aryl methyl sites for hydroxylation is 1. The van der Waals surface area contributed by atoms with Gasteiger partial charge < -0.3 is 9.64 Å². The molecule has 0 bridgehead atoms. The van der Waals surface area contributed by atoms with Gasteiger partial charge in [-0.05, 0) is 61.2 Å². The van der Waals surface area contributed by atoms with Crippen LogP contribution in [0.25, 0.3) is 0 Å². The number of benzene rings is 2. The summed E-state index contributed by atoms with van der Waals surface area (Å²) in [6.07, 6.45) is 4.56. The summed E-state index contributed by atoms with van der Waals surface area (Å²) in [6.45, 7) is 7.15. The molecule has 2 amide bonds. The molecule has 2 aromatic rings. The van der Waals surface area contributed by atoms with Gasteiger partial charge in [0.2, 0.25) is 5.91 Å². The van der Waals surface area contributed by atoms with E-state index in [1.165, 1.54) is 0 Å². The molecule has 0 aromatic heterocycles. The first kappa shape index (κ1) is 21.3. The maximum absolute atomic E-state index is 12.7. The molecule has 1 heterocycles. The second kappa shape index (κ2) is 10.4. The Labute approximate surface area is 177 Å². The number of carbonyl (C=O) groups excluding carboxylic acids is 2. The Bertz CT molecular complexity index is 914. The number of nitrogens with zero attached hydrogens (tertiary/aromatic N) is 2. The van der Waals surface area contributed by atoms with Gasteiger partial charge in [-0.25, -0.2) is 5.43 Å². The van der Waals surface area contributed by atoms with Crippen molar-refractivity contribution >= 4 is 18.0 Å². The molecule has 2 aromatic carbocycles. The van der Waals surface area contributed by atoms with Crippen molar-refractivity contribution in [3.05, 3.63) is 77.9 Å². The van der Waals surface area contributed by atoms with Gasteiger partial charge in [-0.1, -0.05) is 30.9 Å². The molecule has 0 unspecified atom stereocenters. The lowest BCUT2D eigenvalue weighted by Crippen LogP contribution is -2.42. The van der Waals surface area contributed by atoms with Gasteiger partial charge >= 0.3 is 0 Å². The number of likely N-dealkylation sites (tertiary alicyclic amines) is 1. The van der Waals surface area contributed by atoms with E-state index in [1.54, 1.807) is 12.3 Å². The van der Waals surface area contributed by atoms with E-state index in [2.05, 4.69) is 17.1 Å². The number of nitrogens with one attached hydrogen (secondary N) is 1. The Balaban J connectivity index is 1.46. The molecule has 1 N–H and O–H groups in total. The van der Waals surface area contributed by atoms with Crippen LogP contribution in [0.2, 0.25) is 0 Å². The van der Waals surface area contributed by atoms with E-state index >= 15 is 0 Å². The molecule has 1 aliphatic rings. The van der Waals surface area contributed by atoms with E-state index in [-0.39, 0.29) is 17.7 Å². The molecule has 0 atom stereocenters. The van der Waals surface area contributed by atoms with Crippen molar-refractivity contribution in [1.29, 1.82) is 0 Å². The van der Waals surface area contributed by atoms with Crippen molar-refractivity contribution in [3.63, 3.8) is 0 Å². The van der Waals surface area contributed by atoms with Crippen LogP contribution in [0.15, 0.2) is 66.3 Å². The minimum Gasteiger partial charge on any atom is -0.490 e. The van der Waals surface area contributed by atoms with Crippen molar-refractivity contribution < 1.29 is 14.3 Å². The number of piperidine rings is 1. The van der Waals surface area contributed by atoms with Crippen LogP contribution in [0.3, 0.4) is 0 Å². The molecule has 6 nitrogen and oxygen atoms in total. The largest absolute Gasteiger partial charge is 0.490 e. The monoisotopic (exact) mass is 405 g/mol. The first-order chi connectivity index (χ1) is 14.6. The Morgan fingerprint density at radius 3 is 2.53 bits per heavy atom. The van der Waals surface area contributed by atoms with Gasteiger partial charge in [0.05, 0.1) is 6.21 Å². The molecule has 0 saturated carbocycles. The number of rotatable bonds is 7. The highest BCUT2D eigenvalue weighted by atomic mass is 16.5. The summed E-state index contributed by atoms with van der Waals surface area (Å²) >= 11 is 0. The van der Waals surface area contributed by atoms with Gasteiger partial charge in [0.1, 0.15) is 12.4 Å². The molecule has 6 heteroatoms. The quantitative estimate of drug-likeness (QED) is 0.435. The summed E-state index contributed by atoms with van der Waals surface area (Å²) in [4.78, 5) is 26.9. The molecule has 1 fully saturated rings. The van der Waals surface area contributed by atoms with Crippen molar-refractivity contribution in [3.8, 4) is 5.75 Å². The van der Waals surface area contributed by atoms with E-state index in [4.69, 9.17) is 4.74 Å². The molecule has 0 aliphatic carbocycles. The second-order valence-corrected chi connectivity index (χ2v) is 7.28. The fourth-order valence-corrected chi connectivity index (χ4v) is 3.39. The lowest BCUT2D eigenvalue weighted by molar-refractivity contribution is -0.126. The van der Waals surface area contributed by atoms with Crippen molar-refractivity contribution in [2.75, 3.05) is 19.7 Å². The SMILES string of the molecule is C=CCOc1ccc(/C=N\NC(=O)C2CCN(C(=O)c3ccccc3C)CC2)cc1. The molecule has 1 saturated heterocycles. The van der Waals surface area contributed by atoms with Crippen LogP contribution in [-0.2, 0) is 4.79 Å². The van der Waals surface area contributed by atoms with Crippen LogP contribution in [0.5, 0.6) is 5.75 Å². The summed E-state index contributed by atoms with van der Waals surface area (Å²) in [7, 11) is 0. The molecule has 3 rings (SSSR count). The predicted octanol–water partition coefficient (Wildman–Crippen LogP) is 3.56. The van der Waals surface area contributed by atoms with Crippen molar-refractivity contribution in [1.82, 2.24) is 10.3 Å².